The van der Waals surface area contributed by atoms with Crippen molar-refractivity contribution >= 4 is 17.6 Å². The zero-order valence-electron chi connectivity index (χ0n) is 9.86. The summed E-state index contributed by atoms with van der Waals surface area (Å²) in [5.41, 5.74) is 7.69. The van der Waals surface area contributed by atoms with Crippen molar-refractivity contribution < 1.29 is 19.1 Å². The molecule has 0 fully saturated rings. The molecule has 0 radical (unpaired) electrons. The summed E-state index contributed by atoms with van der Waals surface area (Å²) in [6, 6.07) is 5.12. The van der Waals surface area contributed by atoms with Crippen molar-refractivity contribution in [2.45, 2.75) is 12.8 Å². The van der Waals surface area contributed by atoms with E-state index in [0.717, 1.165) is 5.56 Å². The van der Waals surface area contributed by atoms with Gasteiger partial charge in [0.25, 0.3) is 0 Å². The summed E-state index contributed by atoms with van der Waals surface area (Å²) in [6.45, 7) is 0. The van der Waals surface area contributed by atoms with E-state index in [-0.39, 0.29) is 24.8 Å². The molecule has 0 aliphatic carbocycles. The number of ether oxygens (including phenoxy) is 2. The first-order valence-electron chi connectivity index (χ1n) is 5.07. The minimum Gasteiger partial charge on any atom is -0.469 e. The predicted molar refractivity (Wildman–Crippen MR) is 62.3 cm³/mol. The number of nitrogen functional groups attached to an aromatic ring is 1. The number of anilines is 1. The lowest BCUT2D eigenvalue weighted by molar-refractivity contribution is -0.140. The molecule has 0 heterocycles. The molecule has 1 rings (SSSR count). The molecule has 92 valence electrons. The van der Waals surface area contributed by atoms with E-state index in [4.69, 9.17) is 5.73 Å². The van der Waals surface area contributed by atoms with Crippen LogP contribution in [0.5, 0.6) is 0 Å². The second-order valence-corrected chi connectivity index (χ2v) is 3.54. The molecule has 5 heteroatoms. The topological polar surface area (TPSA) is 78.6 Å². The summed E-state index contributed by atoms with van der Waals surface area (Å²) in [5.74, 6) is -0.678. The molecule has 0 aliphatic rings. The van der Waals surface area contributed by atoms with Crippen molar-refractivity contribution in [2.75, 3.05) is 20.0 Å². The first kappa shape index (κ1) is 13.0. The van der Waals surface area contributed by atoms with Gasteiger partial charge in [-0.25, -0.2) is 0 Å². The molecule has 0 aliphatic heterocycles. The Morgan fingerprint density at radius 3 is 2.24 bits per heavy atom. The predicted octanol–water partition coefficient (Wildman–Crippen LogP) is 0.700. The van der Waals surface area contributed by atoms with Gasteiger partial charge in [-0.1, -0.05) is 12.1 Å². The average Bonchev–Trinajstić information content (AvgIpc) is 2.32. The molecule has 0 aromatic heterocycles. The Hall–Kier alpha value is -2.04. The summed E-state index contributed by atoms with van der Waals surface area (Å²) < 4.78 is 9.11. The van der Waals surface area contributed by atoms with Crippen LogP contribution >= 0.6 is 0 Å². The Labute approximate surface area is 99.5 Å². The van der Waals surface area contributed by atoms with Crippen molar-refractivity contribution in [1.29, 1.82) is 0 Å². The summed E-state index contributed by atoms with van der Waals surface area (Å²) in [7, 11) is 2.65. The Morgan fingerprint density at radius 2 is 1.71 bits per heavy atom. The molecule has 0 atom stereocenters. The summed E-state index contributed by atoms with van der Waals surface area (Å²) in [4.78, 5) is 22.2. The Balaban J connectivity index is 2.79. The van der Waals surface area contributed by atoms with Crippen molar-refractivity contribution in [3.8, 4) is 0 Å². The second-order valence-electron chi connectivity index (χ2n) is 3.54. The fourth-order valence-corrected chi connectivity index (χ4v) is 1.38. The van der Waals surface area contributed by atoms with Gasteiger partial charge in [-0.05, 0) is 17.2 Å². The summed E-state index contributed by atoms with van der Waals surface area (Å²) in [6.07, 6.45) is 0.292. The molecule has 0 saturated heterocycles. The third-order valence-electron chi connectivity index (χ3n) is 2.35. The van der Waals surface area contributed by atoms with Crippen LogP contribution in [0.3, 0.4) is 0 Å². The van der Waals surface area contributed by atoms with Gasteiger partial charge in [-0.2, -0.15) is 0 Å². The lowest BCUT2D eigenvalue weighted by Gasteiger charge is -2.07. The molecular weight excluding hydrogens is 222 g/mol. The lowest BCUT2D eigenvalue weighted by atomic mass is 10.0. The third-order valence-corrected chi connectivity index (χ3v) is 2.35. The van der Waals surface area contributed by atoms with Crippen LogP contribution in [0, 0.1) is 0 Å². The monoisotopic (exact) mass is 237 g/mol. The minimum atomic E-state index is -0.350. The van der Waals surface area contributed by atoms with Gasteiger partial charge < -0.3 is 15.2 Å². The van der Waals surface area contributed by atoms with Gasteiger partial charge in [-0.15, -0.1) is 0 Å². The summed E-state index contributed by atoms with van der Waals surface area (Å²) >= 11 is 0. The quantitative estimate of drug-likeness (QED) is 0.616. The molecule has 0 amide bonds. The van der Waals surface area contributed by atoms with Crippen molar-refractivity contribution in [3.63, 3.8) is 0 Å². The Morgan fingerprint density at radius 1 is 1.12 bits per heavy atom. The number of benzene rings is 1. The zero-order valence-corrected chi connectivity index (χ0v) is 9.86. The van der Waals surface area contributed by atoms with Crippen LogP contribution in [-0.2, 0) is 31.9 Å². The van der Waals surface area contributed by atoms with E-state index in [1.54, 1.807) is 18.2 Å². The maximum Gasteiger partial charge on any atom is 0.310 e. The Kier molecular flexibility index (Phi) is 4.51. The summed E-state index contributed by atoms with van der Waals surface area (Å²) in [5, 5.41) is 0. The molecule has 17 heavy (non-hydrogen) atoms. The van der Waals surface area contributed by atoms with Gasteiger partial charge in [0.2, 0.25) is 0 Å². The maximum absolute atomic E-state index is 11.1. The largest absolute Gasteiger partial charge is 0.469 e. The molecule has 2 N–H and O–H groups in total. The fourth-order valence-electron chi connectivity index (χ4n) is 1.38. The molecule has 0 unspecified atom stereocenters. The van der Waals surface area contributed by atoms with Crippen LogP contribution in [-0.4, -0.2) is 26.2 Å². The fraction of sp³-hybridized carbons (Fsp3) is 0.333. The van der Waals surface area contributed by atoms with Gasteiger partial charge in [-0.3, -0.25) is 9.59 Å². The smallest absolute Gasteiger partial charge is 0.310 e. The van der Waals surface area contributed by atoms with E-state index in [9.17, 15) is 9.59 Å². The molecule has 0 bridgehead atoms. The lowest BCUT2D eigenvalue weighted by Crippen LogP contribution is -2.08. The average molecular weight is 237 g/mol. The SMILES string of the molecule is COC(=O)Cc1ccc(CC(=O)OC)c(N)c1. The van der Waals surface area contributed by atoms with Crippen LogP contribution in [0.4, 0.5) is 5.69 Å². The third kappa shape index (κ3) is 3.79. The van der Waals surface area contributed by atoms with E-state index < -0.39 is 0 Å². The van der Waals surface area contributed by atoms with Crippen molar-refractivity contribution in [3.05, 3.63) is 29.3 Å². The number of carbonyl (C=O) groups excluding carboxylic acids is 2. The highest BCUT2D eigenvalue weighted by molar-refractivity contribution is 5.76. The molecule has 0 saturated carbocycles. The molecule has 1 aromatic carbocycles. The highest BCUT2D eigenvalue weighted by Gasteiger charge is 2.09. The number of nitrogens with two attached hydrogens (primary N) is 1. The van der Waals surface area contributed by atoms with E-state index in [1.165, 1.54) is 14.2 Å². The maximum atomic E-state index is 11.1. The molecule has 1 aromatic rings. The van der Waals surface area contributed by atoms with Gasteiger partial charge >= 0.3 is 11.9 Å². The van der Waals surface area contributed by atoms with Crippen LogP contribution in [0.1, 0.15) is 11.1 Å². The van der Waals surface area contributed by atoms with Crippen LogP contribution < -0.4 is 5.73 Å². The second kappa shape index (κ2) is 5.89. The minimum absolute atomic E-state index is 0.126. The van der Waals surface area contributed by atoms with Crippen molar-refractivity contribution in [2.24, 2.45) is 0 Å². The normalized spacial score (nSPS) is 9.76. The van der Waals surface area contributed by atoms with E-state index in [1.807, 2.05) is 0 Å². The number of methoxy groups -OCH3 is 2. The zero-order chi connectivity index (χ0) is 12.8. The number of hydrogen-bond donors (Lipinski definition) is 1. The highest BCUT2D eigenvalue weighted by atomic mass is 16.5. The number of carbonyl (C=O) groups is 2. The van der Waals surface area contributed by atoms with Gasteiger partial charge in [0.1, 0.15) is 0 Å². The first-order valence-corrected chi connectivity index (χ1v) is 5.07. The van der Waals surface area contributed by atoms with Gasteiger partial charge in [0.05, 0.1) is 27.1 Å². The van der Waals surface area contributed by atoms with Crippen LogP contribution in [0.15, 0.2) is 18.2 Å². The van der Waals surface area contributed by atoms with Crippen molar-refractivity contribution in [1.82, 2.24) is 0 Å². The number of esters is 2. The Bertz CT molecular complexity index is 429. The molecular formula is C12H15NO4. The molecule has 5 nitrogen and oxygen atoms in total. The molecule has 0 spiro atoms. The van der Waals surface area contributed by atoms with E-state index in [0.29, 0.717) is 11.3 Å². The van der Waals surface area contributed by atoms with E-state index >= 15 is 0 Å². The van der Waals surface area contributed by atoms with Gasteiger partial charge in [0.15, 0.2) is 0 Å². The number of hydrogen-bond acceptors (Lipinski definition) is 5. The highest BCUT2D eigenvalue weighted by Crippen LogP contribution is 2.16. The first-order chi connectivity index (χ1) is 8.06. The standard InChI is InChI=1S/C12H15NO4/c1-16-11(14)6-8-3-4-9(10(13)5-8)7-12(15)17-2/h3-5H,6-7,13H2,1-2H3. The number of rotatable bonds is 4. The van der Waals surface area contributed by atoms with Crippen LogP contribution in [0.2, 0.25) is 0 Å². The van der Waals surface area contributed by atoms with Crippen LogP contribution in [0.25, 0.3) is 0 Å². The van der Waals surface area contributed by atoms with E-state index in [2.05, 4.69) is 9.47 Å². The van der Waals surface area contributed by atoms with Gasteiger partial charge in [0, 0.05) is 5.69 Å².